The third-order valence-electron chi connectivity index (χ3n) is 3.68. The van der Waals surface area contributed by atoms with Gasteiger partial charge in [0, 0.05) is 12.6 Å². The molecule has 7 heteroatoms. The zero-order valence-electron chi connectivity index (χ0n) is 10.0. The Labute approximate surface area is 103 Å². The molecule has 0 saturated carbocycles. The second-order valence-electron chi connectivity index (χ2n) is 5.03. The SMILES string of the molecule is CC1CCCCN1S(=O)(=O)C1CCS(=O)(=O)C1. The van der Waals surface area contributed by atoms with Crippen molar-refractivity contribution in [2.75, 3.05) is 18.1 Å². The molecule has 5 nitrogen and oxygen atoms in total. The van der Waals surface area contributed by atoms with Crippen LogP contribution in [-0.2, 0) is 19.9 Å². The van der Waals surface area contributed by atoms with Crippen molar-refractivity contribution in [2.24, 2.45) is 0 Å². The Kier molecular flexibility index (Phi) is 3.53. The van der Waals surface area contributed by atoms with Crippen molar-refractivity contribution in [1.82, 2.24) is 4.31 Å². The van der Waals surface area contributed by atoms with Gasteiger partial charge in [-0.15, -0.1) is 0 Å². The van der Waals surface area contributed by atoms with Gasteiger partial charge in [-0.1, -0.05) is 6.42 Å². The fraction of sp³-hybridized carbons (Fsp3) is 1.00. The smallest absolute Gasteiger partial charge is 0.218 e. The summed E-state index contributed by atoms with van der Waals surface area (Å²) in [6.07, 6.45) is 3.06. The summed E-state index contributed by atoms with van der Waals surface area (Å²) in [5.41, 5.74) is 0. The van der Waals surface area contributed by atoms with Crippen LogP contribution in [0, 0.1) is 0 Å². The third kappa shape index (κ3) is 2.66. The molecule has 2 heterocycles. The summed E-state index contributed by atoms with van der Waals surface area (Å²) in [7, 11) is -6.57. The molecule has 0 bridgehead atoms. The maximum Gasteiger partial charge on any atom is 0.218 e. The largest absolute Gasteiger partial charge is 0.229 e. The zero-order valence-corrected chi connectivity index (χ0v) is 11.6. The van der Waals surface area contributed by atoms with E-state index in [2.05, 4.69) is 0 Å². The first-order valence-electron chi connectivity index (χ1n) is 6.04. The van der Waals surface area contributed by atoms with E-state index in [1.807, 2.05) is 6.92 Å². The Morgan fingerprint density at radius 2 is 1.88 bits per heavy atom. The number of piperidine rings is 1. The summed E-state index contributed by atoms with van der Waals surface area (Å²) >= 11 is 0. The molecule has 2 aliphatic heterocycles. The Balaban J connectivity index is 2.19. The summed E-state index contributed by atoms with van der Waals surface area (Å²) in [4.78, 5) is 0. The van der Waals surface area contributed by atoms with Gasteiger partial charge in [-0.2, -0.15) is 4.31 Å². The van der Waals surface area contributed by atoms with Gasteiger partial charge in [0.2, 0.25) is 10.0 Å². The highest BCUT2D eigenvalue weighted by molar-refractivity contribution is 7.95. The number of sulfonamides is 1. The molecular formula is C10H19NO4S2. The van der Waals surface area contributed by atoms with E-state index in [1.165, 1.54) is 4.31 Å². The Bertz CT molecular complexity index is 482. The molecule has 2 unspecified atom stereocenters. The van der Waals surface area contributed by atoms with E-state index in [9.17, 15) is 16.8 Å². The molecular weight excluding hydrogens is 262 g/mol. The van der Waals surface area contributed by atoms with Gasteiger partial charge in [0.05, 0.1) is 16.8 Å². The van der Waals surface area contributed by atoms with Crippen LogP contribution < -0.4 is 0 Å². The van der Waals surface area contributed by atoms with Crippen LogP contribution in [0.15, 0.2) is 0 Å². The molecule has 2 saturated heterocycles. The van der Waals surface area contributed by atoms with E-state index in [4.69, 9.17) is 0 Å². The average Bonchev–Trinajstić information content (AvgIpc) is 2.60. The van der Waals surface area contributed by atoms with Gasteiger partial charge in [-0.25, -0.2) is 16.8 Å². The second-order valence-corrected chi connectivity index (χ2v) is 9.42. The molecule has 2 fully saturated rings. The van der Waals surface area contributed by atoms with E-state index < -0.39 is 25.1 Å². The normalized spacial score (nSPS) is 34.9. The summed E-state index contributed by atoms with van der Waals surface area (Å²) in [5, 5.41) is -0.715. The van der Waals surface area contributed by atoms with Gasteiger partial charge in [0.25, 0.3) is 0 Å². The maximum atomic E-state index is 12.3. The molecule has 2 aliphatic rings. The zero-order chi connectivity index (χ0) is 12.7. The van der Waals surface area contributed by atoms with Crippen LogP contribution in [0.1, 0.15) is 32.6 Å². The summed E-state index contributed by atoms with van der Waals surface area (Å²) in [6.45, 7) is 2.44. The van der Waals surface area contributed by atoms with Crippen LogP contribution in [0.2, 0.25) is 0 Å². The van der Waals surface area contributed by atoms with Gasteiger partial charge < -0.3 is 0 Å². The number of nitrogens with zero attached hydrogens (tertiary/aromatic N) is 1. The average molecular weight is 281 g/mol. The standard InChI is InChI=1S/C10H19NO4S2/c1-9-4-2-3-6-11(9)17(14,15)10-5-7-16(12,13)8-10/h9-10H,2-8H2,1H3. The monoisotopic (exact) mass is 281 g/mol. The van der Waals surface area contributed by atoms with E-state index in [0.29, 0.717) is 6.54 Å². The second kappa shape index (κ2) is 4.51. The predicted molar refractivity (Wildman–Crippen MR) is 66.0 cm³/mol. The first kappa shape index (κ1) is 13.3. The van der Waals surface area contributed by atoms with Crippen molar-refractivity contribution < 1.29 is 16.8 Å². The van der Waals surface area contributed by atoms with Crippen LogP contribution in [0.3, 0.4) is 0 Å². The highest BCUT2D eigenvalue weighted by Gasteiger charge is 2.42. The van der Waals surface area contributed by atoms with Crippen molar-refractivity contribution in [2.45, 2.75) is 43.9 Å². The highest BCUT2D eigenvalue weighted by atomic mass is 32.2. The molecule has 100 valence electrons. The molecule has 0 aromatic rings. The first-order valence-corrected chi connectivity index (χ1v) is 9.36. The number of hydrogen-bond acceptors (Lipinski definition) is 4. The topological polar surface area (TPSA) is 71.5 Å². The predicted octanol–water partition coefficient (Wildman–Crippen LogP) is 0.378. The van der Waals surface area contributed by atoms with Crippen molar-refractivity contribution in [3.8, 4) is 0 Å². The van der Waals surface area contributed by atoms with Crippen LogP contribution in [0.5, 0.6) is 0 Å². The number of rotatable bonds is 2. The number of sulfone groups is 1. The molecule has 0 aromatic heterocycles. The van der Waals surface area contributed by atoms with E-state index in [-0.39, 0.29) is 24.0 Å². The molecule has 2 atom stereocenters. The lowest BCUT2D eigenvalue weighted by Crippen LogP contribution is -2.46. The first-order chi connectivity index (χ1) is 7.83. The quantitative estimate of drug-likeness (QED) is 0.733. The van der Waals surface area contributed by atoms with Crippen molar-refractivity contribution >= 4 is 19.9 Å². The maximum absolute atomic E-state index is 12.3. The van der Waals surface area contributed by atoms with Gasteiger partial charge in [0.15, 0.2) is 9.84 Å². The molecule has 17 heavy (non-hydrogen) atoms. The van der Waals surface area contributed by atoms with Gasteiger partial charge in [-0.05, 0) is 26.2 Å². The summed E-state index contributed by atoms with van der Waals surface area (Å²) < 4.78 is 48.9. The lowest BCUT2D eigenvalue weighted by atomic mass is 10.1. The minimum Gasteiger partial charge on any atom is -0.229 e. The Morgan fingerprint density at radius 3 is 2.41 bits per heavy atom. The number of hydrogen-bond donors (Lipinski definition) is 0. The molecule has 0 aromatic carbocycles. The minimum atomic E-state index is -3.43. The van der Waals surface area contributed by atoms with Gasteiger partial charge >= 0.3 is 0 Å². The molecule has 0 spiro atoms. The fourth-order valence-electron chi connectivity index (χ4n) is 2.64. The summed E-state index contributed by atoms with van der Waals surface area (Å²) in [5.74, 6) is -0.183. The molecule has 2 rings (SSSR count). The fourth-order valence-corrected chi connectivity index (χ4v) is 7.43. The van der Waals surface area contributed by atoms with Crippen LogP contribution in [-0.4, -0.2) is 50.5 Å². The van der Waals surface area contributed by atoms with Crippen LogP contribution in [0.4, 0.5) is 0 Å². The van der Waals surface area contributed by atoms with E-state index in [0.717, 1.165) is 19.3 Å². The van der Waals surface area contributed by atoms with Crippen LogP contribution in [0.25, 0.3) is 0 Å². The van der Waals surface area contributed by atoms with Crippen molar-refractivity contribution in [3.05, 3.63) is 0 Å². The van der Waals surface area contributed by atoms with Crippen LogP contribution >= 0.6 is 0 Å². The lowest BCUT2D eigenvalue weighted by molar-refractivity contribution is 0.266. The van der Waals surface area contributed by atoms with Crippen molar-refractivity contribution in [1.29, 1.82) is 0 Å². The molecule has 0 amide bonds. The summed E-state index contributed by atoms with van der Waals surface area (Å²) in [6, 6.07) is 0.0112. The molecule has 0 aliphatic carbocycles. The third-order valence-corrected chi connectivity index (χ3v) is 8.10. The van der Waals surface area contributed by atoms with E-state index in [1.54, 1.807) is 0 Å². The Morgan fingerprint density at radius 1 is 1.18 bits per heavy atom. The molecule has 0 N–H and O–H groups in total. The van der Waals surface area contributed by atoms with Crippen molar-refractivity contribution in [3.63, 3.8) is 0 Å². The molecule has 0 radical (unpaired) electrons. The van der Waals surface area contributed by atoms with Gasteiger partial charge in [0.1, 0.15) is 0 Å². The highest BCUT2D eigenvalue weighted by Crippen LogP contribution is 2.27. The Hall–Kier alpha value is -0.140. The lowest BCUT2D eigenvalue weighted by Gasteiger charge is -2.34. The minimum absolute atomic E-state index is 0.0112. The van der Waals surface area contributed by atoms with E-state index >= 15 is 0 Å². The van der Waals surface area contributed by atoms with Gasteiger partial charge in [-0.3, -0.25) is 0 Å².